The van der Waals surface area contributed by atoms with Crippen molar-refractivity contribution in [2.75, 3.05) is 6.26 Å². The fourth-order valence-corrected chi connectivity index (χ4v) is 4.89. The van der Waals surface area contributed by atoms with Crippen LogP contribution in [0.3, 0.4) is 0 Å². The average molecular weight is 359 g/mol. The van der Waals surface area contributed by atoms with Gasteiger partial charge >= 0.3 is 0 Å². The number of fused-ring (bicyclic) bond motifs is 1. The Morgan fingerprint density at radius 3 is 2.33 bits per heavy atom. The first kappa shape index (κ1) is 16.8. The zero-order chi connectivity index (χ0) is 17.5. The van der Waals surface area contributed by atoms with Crippen LogP contribution in [0.4, 0.5) is 0 Å². The van der Waals surface area contributed by atoms with Crippen molar-refractivity contribution in [1.82, 2.24) is 3.97 Å². The Morgan fingerprint density at radius 1 is 1.08 bits per heavy atom. The van der Waals surface area contributed by atoms with Crippen LogP contribution in [-0.2, 0) is 10.0 Å². The smallest absolute Gasteiger partial charge is 0.268 e. The molecule has 0 bridgehead atoms. The van der Waals surface area contributed by atoms with Crippen molar-refractivity contribution in [3.8, 4) is 0 Å². The van der Waals surface area contributed by atoms with Crippen LogP contribution in [0.15, 0.2) is 52.4 Å². The van der Waals surface area contributed by atoms with Gasteiger partial charge in [0.25, 0.3) is 10.0 Å². The summed E-state index contributed by atoms with van der Waals surface area (Å²) in [5.74, 6) is 0. The zero-order valence-corrected chi connectivity index (χ0v) is 15.2. The number of carbonyl (C=O) groups excluding carboxylic acids is 1. The summed E-state index contributed by atoms with van der Waals surface area (Å²) in [6, 6.07) is 10.3. The monoisotopic (exact) mass is 359 g/mol. The molecule has 1 aromatic heterocycles. The predicted molar refractivity (Wildman–Crippen MR) is 97.6 cm³/mol. The van der Waals surface area contributed by atoms with Crippen LogP contribution in [0.25, 0.3) is 10.9 Å². The SMILES string of the molecule is CSc1cc(C)c2c(ccn2S(=O)(=O)c2ccc(C)cc2)c1C=O. The van der Waals surface area contributed by atoms with Gasteiger partial charge in [0.05, 0.1) is 10.4 Å². The molecule has 0 aliphatic heterocycles. The van der Waals surface area contributed by atoms with Gasteiger partial charge in [0.2, 0.25) is 0 Å². The van der Waals surface area contributed by atoms with E-state index in [0.717, 1.165) is 22.3 Å². The Balaban J connectivity index is 2.32. The molecule has 0 amide bonds. The molecular weight excluding hydrogens is 342 g/mol. The first-order chi connectivity index (χ1) is 11.4. The van der Waals surface area contributed by atoms with Crippen molar-refractivity contribution in [2.45, 2.75) is 23.6 Å². The van der Waals surface area contributed by atoms with E-state index in [4.69, 9.17) is 0 Å². The molecule has 3 aromatic rings. The molecule has 3 rings (SSSR count). The van der Waals surface area contributed by atoms with Crippen LogP contribution in [0.5, 0.6) is 0 Å². The van der Waals surface area contributed by atoms with Crippen LogP contribution < -0.4 is 0 Å². The number of aldehydes is 1. The van der Waals surface area contributed by atoms with Gasteiger partial charge in [-0.15, -0.1) is 11.8 Å². The van der Waals surface area contributed by atoms with Crippen molar-refractivity contribution >= 4 is 39.0 Å². The summed E-state index contributed by atoms with van der Waals surface area (Å²) in [5, 5.41) is 0.657. The van der Waals surface area contributed by atoms with Crippen LogP contribution in [0.2, 0.25) is 0 Å². The number of rotatable bonds is 4. The normalized spacial score (nSPS) is 11.8. The molecule has 0 aliphatic rings. The lowest BCUT2D eigenvalue weighted by Gasteiger charge is -2.12. The molecule has 0 fully saturated rings. The molecule has 0 aliphatic carbocycles. The molecular formula is C18H17NO3S2. The van der Waals surface area contributed by atoms with Crippen molar-refractivity contribution < 1.29 is 13.2 Å². The molecule has 0 N–H and O–H groups in total. The van der Waals surface area contributed by atoms with Crippen LogP contribution in [0.1, 0.15) is 21.5 Å². The maximum atomic E-state index is 13.0. The van der Waals surface area contributed by atoms with Crippen molar-refractivity contribution in [3.63, 3.8) is 0 Å². The highest BCUT2D eigenvalue weighted by atomic mass is 32.2. The van der Waals surface area contributed by atoms with Crippen LogP contribution in [-0.4, -0.2) is 24.9 Å². The van der Waals surface area contributed by atoms with Crippen molar-refractivity contribution in [2.24, 2.45) is 0 Å². The van der Waals surface area contributed by atoms with Gasteiger partial charge in [0.15, 0.2) is 6.29 Å². The summed E-state index contributed by atoms with van der Waals surface area (Å²) < 4.78 is 27.3. The summed E-state index contributed by atoms with van der Waals surface area (Å²) >= 11 is 1.47. The van der Waals surface area contributed by atoms with E-state index < -0.39 is 10.0 Å². The van der Waals surface area contributed by atoms with Gasteiger partial charge in [-0.1, -0.05) is 17.7 Å². The van der Waals surface area contributed by atoms with Gasteiger partial charge in [0, 0.05) is 22.0 Å². The molecule has 24 heavy (non-hydrogen) atoms. The average Bonchev–Trinajstić information content (AvgIpc) is 3.01. The van der Waals surface area contributed by atoms with E-state index in [-0.39, 0.29) is 4.90 Å². The van der Waals surface area contributed by atoms with Gasteiger partial charge in [-0.2, -0.15) is 0 Å². The van der Waals surface area contributed by atoms with Gasteiger partial charge in [-0.05, 0) is 49.9 Å². The lowest BCUT2D eigenvalue weighted by molar-refractivity contribution is 0.112. The summed E-state index contributed by atoms with van der Waals surface area (Å²) in [5.41, 5.74) is 2.90. The molecule has 0 radical (unpaired) electrons. The Hall–Kier alpha value is -2.05. The van der Waals surface area contributed by atoms with Crippen LogP contribution in [0, 0.1) is 13.8 Å². The lowest BCUT2D eigenvalue weighted by Crippen LogP contribution is -2.12. The molecule has 0 spiro atoms. The number of hydrogen-bond donors (Lipinski definition) is 0. The molecule has 124 valence electrons. The predicted octanol–water partition coefficient (Wildman–Crippen LogP) is 4.03. The fraction of sp³-hybridized carbons (Fsp3) is 0.167. The van der Waals surface area contributed by atoms with Gasteiger partial charge in [-0.25, -0.2) is 12.4 Å². The Labute approximate surface area is 145 Å². The highest BCUT2D eigenvalue weighted by molar-refractivity contribution is 7.98. The Morgan fingerprint density at radius 2 is 1.75 bits per heavy atom. The summed E-state index contributed by atoms with van der Waals surface area (Å²) in [7, 11) is -3.71. The summed E-state index contributed by atoms with van der Waals surface area (Å²) in [6.07, 6.45) is 4.20. The third-order valence-electron chi connectivity index (χ3n) is 4.04. The lowest BCUT2D eigenvalue weighted by atomic mass is 10.1. The third kappa shape index (κ3) is 2.56. The van der Waals surface area contributed by atoms with Gasteiger partial charge < -0.3 is 0 Å². The van der Waals surface area contributed by atoms with E-state index in [1.165, 1.54) is 21.9 Å². The molecule has 2 aromatic carbocycles. The number of thioether (sulfide) groups is 1. The maximum Gasteiger partial charge on any atom is 0.268 e. The second-order valence-electron chi connectivity index (χ2n) is 5.62. The molecule has 0 saturated carbocycles. The Bertz CT molecular complexity index is 1030. The number of benzene rings is 2. The molecule has 0 saturated heterocycles. The fourth-order valence-electron chi connectivity index (χ4n) is 2.81. The highest BCUT2D eigenvalue weighted by Crippen LogP contribution is 2.32. The second kappa shape index (κ2) is 6.11. The quantitative estimate of drug-likeness (QED) is 0.521. The van der Waals surface area contributed by atoms with E-state index in [0.29, 0.717) is 16.5 Å². The topological polar surface area (TPSA) is 56.1 Å². The van der Waals surface area contributed by atoms with E-state index in [1.54, 1.807) is 30.3 Å². The minimum Gasteiger partial charge on any atom is -0.298 e. The first-order valence-electron chi connectivity index (χ1n) is 7.36. The molecule has 1 heterocycles. The number of hydrogen-bond acceptors (Lipinski definition) is 4. The molecule has 0 atom stereocenters. The molecule has 4 nitrogen and oxygen atoms in total. The van der Waals surface area contributed by atoms with Crippen LogP contribution >= 0.6 is 11.8 Å². The standard InChI is InChI=1S/C18H17NO3S2/c1-12-4-6-14(7-5-12)24(21,22)19-9-8-15-16(11-20)17(23-3)10-13(2)18(15)19/h4-11H,1-3H3. The zero-order valence-electron chi connectivity index (χ0n) is 13.6. The molecule has 6 heteroatoms. The number of aromatic nitrogens is 1. The largest absolute Gasteiger partial charge is 0.298 e. The van der Waals surface area contributed by atoms with E-state index in [9.17, 15) is 13.2 Å². The minimum atomic E-state index is -3.71. The number of nitrogens with zero attached hydrogens (tertiary/aromatic N) is 1. The summed E-state index contributed by atoms with van der Waals surface area (Å²) in [4.78, 5) is 12.6. The van der Waals surface area contributed by atoms with E-state index >= 15 is 0 Å². The molecule has 0 unspecified atom stereocenters. The van der Waals surface area contributed by atoms with E-state index in [2.05, 4.69) is 0 Å². The van der Waals surface area contributed by atoms with Gasteiger partial charge in [-0.3, -0.25) is 4.79 Å². The van der Waals surface area contributed by atoms with Crippen molar-refractivity contribution in [1.29, 1.82) is 0 Å². The summed E-state index contributed by atoms with van der Waals surface area (Å²) in [6.45, 7) is 3.77. The van der Waals surface area contributed by atoms with Crippen molar-refractivity contribution in [3.05, 3.63) is 59.3 Å². The Kier molecular flexibility index (Phi) is 4.27. The number of aryl methyl sites for hydroxylation is 2. The third-order valence-corrected chi connectivity index (χ3v) is 6.51. The van der Waals surface area contributed by atoms with E-state index in [1.807, 2.05) is 26.2 Å². The number of carbonyl (C=O) groups is 1. The van der Waals surface area contributed by atoms with Gasteiger partial charge in [0.1, 0.15) is 0 Å². The minimum absolute atomic E-state index is 0.228. The highest BCUT2D eigenvalue weighted by Gasteiger charge is 2.22. The second-order valence-corrected chi connectivity index (χ2v) is 8.28. The maximum absolute atomic E-state index is 13.0. The first-order valence-corrected chi connectivity index (χ1v) is 10.0.